The van der Waals surface area contributed by atoms with E-state index in [1.54, 1.807) is 31.3 Å². The quantitative estimate of drug-likeness (QED) is 0.829. The van der Waals surface area contributed by atoms with Crippen molar-refractivity contribution in [1.82, 2.24) is 4.98 Å². The molecule has 0 atom stereocenters. The Kier molecular flexibility index (Phi) is 3.37. The zero-order valence-electron chi connectivity index (χ0n) is 10.7. The van der Waals surface area contributed by atoms with E-state index in [9.17, 15) is 14.7 Å². The number of rotatable bonds is 3. The highest BCUT2D eigenvalue weighted by Gasteiger charge is 2.16. The first-order valence-corrected chi connectivity index (χ1v) is 5.76. The van der Waals surface area contributed by atoms with Crippen molar-refractivity contribution < 1.29 is 14.7 Å². The van der Waals surface area contributed by atoms with Crippen molar-refractivity contribution >= 4 is 17.4 Å². The number of anilines is 1. The number of aromatic amines is 1. The van der Waals surface area contributed by atoms with E-state index in [1.807, 2.05) is 0 Å². The van der Waals surface area contributed by atoms with Crippen molar-refractivity contribution in [3.05, 3.63) is 47.8 Å². The van der Waals surface area contributed by atoms with Gasteiger partial charge in [0.25, 0.3) is 5.91 Å². The second-order valence-corrected chi connectivity index (χ2v) is 4.22. The smallest absolute Gasteiger partial charge is 0.274 e. The number of Topliss-reactive ketones (excluding diaryl/α,β-unsaturated/α-hetero) is 1. The van der Waals surface area contributed by atoms with Gasteiger partial charge in [-0.05, 0) is 36.4 Å². The largest absolute Gasteiger partial charge is 0.508 e. The van der Waals surface area contributed by atoms with Gasteiger partial charge in [0.1, 0.15) is 11.4 Å². The van der Waals surface area contributed by atoms with Crippen molar-refractivity contribution in [2.24, 2.45) is 0 Å². The van der Waals surface area contributed by atoms with Crippen molar-refractivity contribution in [3.63, 3.8) is 0 Å². The van der Waals surface area contributed by atoms with E-state index in [2.05, 4.69) is 4.98 Å². The Morgan fingerprint density at radius 3 is 2.16 bits per heavy atom. The van der Waals surface area contributed by atoms with Crippen molar-refractivity contribution in [2.75, 3.05) is 11.9 Å². The van der Waals surface area contributed by atoms with E-state index in [4.69, 9.17) is 0 Å². The van der Waals surface area contributed by atoms with Crippen molar-refractivity contribution in [2.45, 2.75) is 6.92 Å². The molecule has 0 aliphatic rings. The first kappa shape index (κ1) is 12.9. The summed E-state index contributed by atoms with van der Waals surface area (Å²) in [6, 6.07) is 9.46. The molecule has 2 aromatic rings. The van der Waals surface area contributed by atoms with Gasteiger partial charge in [-0.3, -0.25) is 9.59 Å². The number of benzene rings is 1. The Morgan fingerprint density at radius 2 is 1.63 bits per heavy atom. The van der Waals surface area contributed by atoms with Gasteiger partial charge in [0.15, 0.2) is 5.78 Å². The average molecular weight is 258 g/mol. The standard InChI is InChI=1S/C14H14N2O3/c1-9(17)12-7-8-13(15-12)14(19)16(2)10-3-5-11(18)6-4-10/h3-8,15,18H,1-2H3. The molecular weight excluding hydrogens is 244 g/mol. The van der Waals surface area contributed by atoms with Gasteiger partial charge in [-0.1, -0.05) is 0 Å². The van der Waals surface area contributed by atoms with E-state index in [0.717, 1.165) is 0 Å². The summed E-state index contributed by atoms with van der Waals surface area (Å²) in [6.45, 7) is 1.43. The number of hydrogen-bond donors (Lipinski definition) is 2. The lowest BCUT2D eigenvalue weighted by Gasteiger charge is -2.16. The van der Waals surface area contributed by atoms with Gasteiger partial charge >= 0.3 is 0 Å². The highest BCUT2D eigenvalue weighted by Crippen LogP contribution is 2.19. The van der Waals surface area contributed by atoms with E-state index in [0.29, 0.717) is 17.1 Å². The highest BCUT2D eigenvalue weighted by atomic mass is 16.3. The molecule has 1 aromatic heterocycles. The number of phenolic OH excluding ortho intramolecular Hbond substituents is 1. The lowest BCUT2D eigenvalue weighted by Crippen LogP contribution is -2.26. The van der Waals surface area contributed by atoms with Crippen molar-refractivity contribution in [1.29, 1.82) is 0 Å². The maximum atomic E-state index is 12.2. The first-order chi connectivity index (χ1) is 8.99. The normalized spacial score (nSPS) is 10.2. The molecule has 0 radical (unpaired) electrons. The van der Waals surface area contributed by atoms with Crippen LogP contribution in [0, 0.1) is 0 Å². The molecule has 2 rings (SSSR count). The van der Waals surface area contributed by atoms with E-state index < -0.39 is 0 Å². The summed E-state index contributed by atoms with van der Waals surface area (Å²) < 4.78 is 0. The Balaban J connectivity index is 2.22. The fourth-order valence-electron chi connectivity index (χ4n) is 1.70. The molecule has 0 unspecified atom stereocenters. The summed E-state index contributed by atoms with van der Waals surface area (Å²) in [5.74, 6) is -0.229. The van der Waals surface area contributed by atoms with Gasteiger partial charge in [0, 0.05) is 19.7 Å². The number of aromatic nitrogens is 1. The monoisotopic (exact) mass is 258 g/mol. The molecule has 19 heavy (non-hydrogen) atoms. The molecule has 0 aliphatic carbocycles. The summed E-state index contributed by atoms with van der Waals surface area (Å²) in [5, 5.41) is 9.21. The minimum atomic E-state index is -0.252. The third-order valence-electron chi connectivity index (χ3n) is 2.84. The van der Waals surface area contributed by atoms with Crippen LogP contribution < -0.4 is 4.90 Å². The summed E-state index contributed by atoms with van der Waals surface area (Å²) >= 11 is 0. The number of H-pyrrole nitrogens is 1. The van der Waals surface area contributed by atoms with Gasteiger partial charge in [-0.2, -0.15) is 0 Å². The maximum absolute atomic E-state index is 12.2. The predicted octanol–water partition coefficient (Wildman–Crippen LogP) is 2.20. The number of aromatic hydroxyl groups is 1. The summed E-state index contributed by atoms with van der Waals surface area (Å²) in [6.07, 6.45) is 0. The van der Waals surface area contributed by atoms with Crippen LogP contribution in [0.5, 0.6) is 5.75 Å². The summed E-state index contributed by atoms with van der Waals surface area (Å²) in [7, 11) is 1.63. The van der Waals surface area contributed by atoms with Gasteiger partial charge in [-0.15, -0.1) is 0 Å². The SMILES string of the molecule is CC(=O)c1ccc(C(=O)N(C)c2ccc(O)cc2)[nH]1. The third-order valence-corrected chi connectivity index (χ3v) is 2.84. The molecule has 1 amide bonds. The van der Waals surface area contributed by atoms with Crippen molar-refractivity contribution in [3.8, 4) is 5.75 Å². The van der Waals surface area contributed by atoms with Gasteiger partial charge in [0.05, 0.1) is 5.69 Å². The fourth-order valence-corrected chi connectivity index (χ4v) is 1.70. The second kappa shape index (κ2) is 4.97. The molecule has 2 N–H and O–H groups in total. The molecule has 0 fully saturated rings. The Bertz CT molecular complexity index is 614. The van der Waals surface area contributed by atoms with Crippen LogP contribution >= 0.6 is 0 Å². The molecule has 0 saturated carbocycles. The number of ketones is 1. The fraction of sp³-hybridized carbons (Fsp3) is 0.143. The molecule has 1 heterocycles. The number of hydrogen-bond acceptors (Lipinski definition) is 3. The van der Waals surface area contributed by atoms with Crippen LogP contribution in [0.4, 0.5) is 5.69 Å². The zero-order valence-corrected chi connectivity index (χ0v) is 10.7. The first-order valence-electron chi connectivity index (χ1n) is 5.76. The Morgan fingerprint density at radius 1 is 1.05 bits per heavy atom. The number of carbonyl (C=O) groups excluding carboxylic acids is 2. The van der Waals surface area contributed by atoms with Crippen LogP contribution in [0.2, 0.25) is 0 Å². The molecule has 0 bridgehead atoms. The van der Waals surface area contributed by atoms with Crippen LogP contribution in [0.15, 0.2) is 36.4 Å². The molecule has 5 nitrogen and oxygen atoms in total. The number of nitrogens with zero attached hydrogens (tertiary/aromatic N) is 1. The summed E-state index contributed by atoms with van der Waals surface area (Å²) in [4.78, 5) is 27.6. The second-order valence-electron chi connectivity index (χ2n) is 4.22. The minimum absolute atomic E-state index is 0.119. The molecule has 0 aliphatic heterocycles. The topological polar surface area (TPSA) is 73.4 Å². The molecule has 0 spiro atoms. The third kappa shape index (κ3) is 2.65. The lowest BCUT2D eigenvalue weighted by molar-refractivity contribution is 0.0988. The van der Waals surface area contributed by atoms with Crippen LogP contribution in [-0.4, -0.2) is 28.8 Å². The number of carbonyl (C=O) groups is 2. The van der Waals surface area contributed by atoms with Crippen LogP contribution in [0.1, 0.15) is 27.9 Å². The van der Waals surface area contributed by atoms with Gasteiger partial charge in [-0.25, -0.2) is 0 Å². The number of nitrogens with one attached hydrogen (secondary N) is 1. The molecule has 98 valence electrons. The molecule has 5 heteroatoms. The number of phenols is 1. The van der Waals surface area contributed by atoms with Gasteiger partial charge in [0.2, 0.25) is 0 Å². The van der Waals surface area contributed by atoms with Crippen LogP contribution in [0.3, 0.4) is 0 Å². The maximum Gasteiger partial charge on any atom is 0.274 e. The Hall–Kier alpha value is -2.56. The predicted molar refractivity (Wildman–Crippen MR) is 71.6 cm³/mol. The Labute approximate surface area is 110 Å². The minimum Gasteiger partial charge on any atom is -0.508 e. The number of amides is 1. The lowest BCUT2D eigenvalue weighted by atomic mass is 10.2. The average Bonchev–Trinajstić information content (AvgIpc) is 2.87. The summed E-state index contributed by atoms with van der Waals surface area (Å²) in [5.41, 5.74) is 1.41. The zero-order chi connectivity index (χ0) is 14.0. The van der Waals surface area contributed by atoms with E-state index >= 15 is 0 Å². The molecule has 1 aromatic carbocycles. The van der Waals surface area contributed by atoms with E-state index in [1.165, 1.54) is 24.0 Å². The van der Waals surface area contributed by atoms with Gasteiger partial charge < -0.3 is 15.0 Å². The molecule has 0 saturated heterocycles. The van der Waals surface area contributed by atoms with Crippen LogP contribution in [-0.2, 0) is 0 Å². The van der Waals surface area contributed by atoms with Crippen LogP contribution in [0.25, 0.3) is 0 Å². The van der Waals surface area contributed by atoms with E-state index in [-0.39, 0.29) is 17.4 Å². The highest BCUT2D eigenvalue weighted by molar-refractivity contribution is 6.05. The molecular formula is C14H14N2O3.